The van der Waals surface area contributed by atoms with Gasteiger partial charge in [-0.2, -0.15) is 15.3 Å². The molecule has 0 spiro atoms. The fourth-order valence-corrected chi connectivity index (χ4v) is 4.46. The van der Waals surface area contributed by atoms with Gasteiger partial charge in [0.15, 0.2) is 5.82 Å². The van der Waals surface area contributed by atoms with Gasteiger partial charge in [0.05, 0.1) is 23.3 Å². The Labute approximate surface area is 187 Å². The summed E-state index contributed by atoms with van der Waals surface area (Å²) < 4.78 is 44.3. The molecular formula is C21H24F3N9. The second-order valence-electron chi connectivity index (χ2n) is 8.13. The predicted octanol–water partition coefficient (Wildman–Crippen LogP) is 2.81. The van der Waals surface area contributed by atoms with Crippen LogP contribution in [0.4, 0.5) is 18.9 Å². The van der Waals surface area contributed by atoms with Crippen molar-refractivity contribution in [2.24, 2.45) is 7.05 Å². The fourth-order valence-electron chi connectivity index (χ4n) is 4.46. The number of nitrogens with zero attached hydrogens (tertiary/aromatic N) is 7. The van der Waals surface area contributed by atoms with Gasteiger partial charge in [-0.25, -0.2) is 18.2 Å². The van der Waals surface area contributed by atoms with Gasteiger partial charge in [0, 0.05) is 32.4 Å². The molecule has 0 unspecified atom stereocenters. The van der Waals surface area contributed by atoms with Crippen molar-refractivity contribution >= 4 is 16.7 Å². The molecule has 0 atom stereocenters. The van der Waals surface area contributed by atoms with Gasteiger partial charge < -0.3 is 10.2 Å². The summed E-state index contributed by atoms with van der Waals surface area (Å²) in [6.45, 7) is 0.861. The third kappa shape index (κ3) is 3.84. The van der Waals surface area contributed by atoms with Crippen molar-refractivity contribution < 1.29 is 13.2 Å². The highest BCUT2D eigenvalue weighted by molar-refractivity contribution is 5.98. The number of hydrogen-bond acceptors (Lipinski definition) is 6. The zero-order valence-corrected chi connectivity index (χ0v) is 18.3. The molecule has 1 saturated heterocycles. The van der Waals surface area contributed by atoms with Crippen molar-refractivity contribution in [1.82, 2.24) is 40.1 Å². The van der Waals surface area contributed by atoms with Crippen LogP contribution in [-0.2, 0) is 13.6 Å². The van der Waals surface area contributed by atoms with Crippen LogP contribution in [0.25, 0.3) is 33.8 Å². The van der Waals surface area contributed by atoms with Crippen molar-refractivity contribution in [2.45, 2.75) is 31.9 Å². The van der Waals surface area contributed by atoms with Gasteiger partial charge in [0.2, 0.25) is 0 Å². The molecule has 4 aromatic rings. The summed E-state index contributed by atoms with van der Waals surface area (Å²) in [4.78, 5) is 6.83. The van der Waals surface area contributed by atoms with Gasteiger partial charge in [-0.15, -0.1) is 0 Å². The molecule has 5 rings (SSSR count). The molecule has 0 aromatic carbocycles. The monoisotopic (exact) mass is 459 g/mol. The highest BCUT2D eigenvalue weighted by atomic mass is 19.3. The van der Waals surface area contributed by atoms with Crippen LogP contribution >= 0.6 is 0 Å². The lowest BCUT2D eigenvalue weighted by molar-refractivity contribution is 0.123. The molecule has 9 nitrogen and oxygen atoms in total. The first kappa shape index (κ1) is 21.4. The van der Waals surface area contributed by atoms with Gasteiger partial charge in [-0.1, -0.05) is 0 Å². The fraction of sp³-hybridized carbons (Fsp3) is 0.429. The molecule has 5 heterocycles. The van der Waals surface area contributed by atoms with Gasteiger partial charge in [0.25, 0.3) is 6.43 Å². The van der Waals surface area contributed by atoms with Gasteiger partial charge >= 0.3 is 0 Å². The van der Waals surface area contributed by atoms with E-state index in [1.165, 1.54) is 9.36 Å². The Morgan fingerprint density at radius 2 is 2.06 bits per heavy atom. The Morgan fingerprint density at radius 3 is 2.67 bits per heavy atom. The first-order valence-corrected chi connectivity index (χ1v) is 10.8. The van der Waals surface area contributed by atoms with Crippen molar-refractivity contribution in [1.29, 1.82) is 0 Å². The second kappa shape index (κ2) is 8.50. The maximum atomic E-state index is 14.6. The number of fused-ring (bicyclic) bond motifs is 1. The number of H-pyrrole nitrogens is 1. The standard InChI is InChI=1S/C21H24F3N9/c1-25-12-4-7-32(8-5-12)16-9-15(20-13(22)10-27-31(20)2)28-19-18(14-3-6-26-29-14)30-33(21(16)19)11-17(23)24/h3,6,9-10,12,17,25H,4-5,7-8,11H2,1-2H3,(H,26,29). The zero-order valence-electron chi connectivity index (χ0n) is 18.3. The molecule has 0 saturated carbocycles. The minimum absolute atomic E-state index is 0.223. The average molecular weight is 459 g/mol. The smallest absolute Gasteiger partial charge is 0.257 e. The third-order valence-corrected chi connectivity index (χ3v) is 6.12. The minimum atomic E-state index is -2.60. The summed E-state index contributed by atoms with van der Waals surface area (Å²) >= 11 is 0. The maximum absolute atomic E-state index is 14.6. The Bertz CT molecular complexity index is 1230. The van der Waals surface area contributed by atoms with Crippen LogP contribution in [0.1, 0.15) is 12.8 Å². The lowest BCUT2D eigenvalue weighted by atomic mass is 10.0. The van der Waals surface area contributed by atoms with Crippen LogP contribution in [0.2, 0.25) is 0 Å². The molecule has 1 fully saturated rings. The Kier molecular flexibility index (Phi) is 5.52. The molecule has 0 amide bonds. The van der Waals surface area contributed by atoms with Crippen LogP contribution in [0.3, 0.4) is 0 Å². The summed E-state index contributed by atoms with van der Waals surface area (Å²) in [5, 5.41) is 18.6. The van der Waals surface area contributed by atoms with Crippen LogP contribution in [-0.4, -0.2) is 67.3 Å². The molecule has 0 aliphatic carbocycles. The number of alkyl halides is 2. The number of anilines is 1. The van der Waals surface area contributed by atoms with Crippen molar-refractivity contribution in [3.63, 3.8) is 0 Å². The highest BCUT2D eigenvalue weighted by Gasteiger charge is 2.27. The van der Waals surface area contributed by atoms with Crippen LogP contribution in [0, 0.1) is 5.82 Å². The molecule has 1 aliphatic rings. The van der Waals surface area contributed by atoms with E-state index in [0.717, 1.165) is 32.1 Å². The Morgan fingerprint density at radius 1 is 1.27 bits per heavy atom. The van der Waals surface area contributed by atoms with E-state index < -0.39 is 18.8 Å². The first-order valence-electron chi connectivity index (χ1n) is 10.8. The third-order valence-electron chi connectivity index (χ3n) is 6.12. The lowest BCUT2D eigenvalue weighted by Gasteiger charge is -2.34. The summed E-state index contributed by atoms with van der Waals surface area (Å²) in [7, 11) is 3.57. The van der Waals surface area contributed by atoms with Crippen molar-refractivity contribution in [2.75, 3.05) is 25.0 Å². The number of rotatable bonds is 6. The number of nitrogens with one attached hydrogen (secondary N) is 2. The van der Waals surface area contributed by atoms with Crippen LogP contribution < -0.4 is 10.2 Å². The van der Waals surface area contributed by atoms with E-state index in [-0.39, 0.29) is 5.69 Å². The second-order valence-corrected chi connectivity index (χ2v) is 8.13. The number of piperidine rings is 1. The van der Waals surface area contributed by atoms with E-state index in [4.69, 9.17) is 4.98 Å². The summed E-state index contributed by atoms with van der Waals surface area (Å²) in [5.74, 6) is -0.507. The van der Waals surface area contributed by atoms with Crippen molar-refractivity contribution in [3.8, 4) is 22.8 Å². The zero-order chi connectivity index (χ0) is 23.1. The Hall–Kier alpha value is -3.41. The SMILES string of the molecule is CNC1CCN(c2cc(-c3c(F)cnn3C)nc3c(-c4ccn[nH]4)nn(CC(F)F)c23)CC1. The van der Waals surface area contributed by atoms with E-state index in [0.29, 0.717) is 39.8 Å². The minimum Gasteiger partial charge on any atom is -0.370 e. The Balaban J connectivity index is 1.76. The summed E-state index contributed by atoms with van der Waals surface area (Å²) in [5.41, 5.74) is 3.12. The molecule has 0 bridgehead atoms. The summed E-state index contributed by atoms with van der Waals surface area (Å²) in [6, 6.07) is 3.84. The van der Waals surface area contributed by atoms with Crippen LogP contribution in [0.15, 0.2) is 24.5 Å². The normalized spacial score (nSPS) is 15.3. The van der Waals surface area contributed by atoms with Crippen molar-refractivity contribution in [3.05, 3.63) is 30.3 Å². The highest BCUT2D eigenvalue weighted by Crippen LogP contribution is 2.37. The number of aromatic amines is 1. The number of pyridine rings is 1. The number of hydrogen-bond donors (Lipinski definition) is 2. The van der Waals surface area contributed by atoms with Gasteiger partial charge in [-0.3, -0.25) is 14.5 Å². The topological polar surface area (TPSA) is 92.5 Å². The van der Waals surface area contributed by atoms with E-state index in [1.807, 2.05) is 7.05 Å². The largest absolute Gasteiger partial charge is 0.370 e. The van der Waals surface area contributed by atoms with E-state index >= 15 is 0 Å². The number of aromatic nitrogens is 7. The molecule has 12 heteroatoms. The maximum Gasteiger partial charge on any atom is 0.257 e. The number of halogens is 3. The quantitative estimate of drug-likeness (QED) is 0.461. The molecule has 1 aliphatic heterocycles. The van der Waals surface area contributed by atoms with Crippen LogP contribution in [0.5, 0.6) is 0 Å². The van der Waals surface area contributed by atoms with E-state index in [1.54, 1.807) is 25.4 Å². The molecular weight excluding hydrogens is 435 g/mol. The first-order chi connectivity index (χ1) is 16.0. The molecule has 4 aromatic heterocycles. The lowest BCUT2D eigenvalue weighted by Crippen LogP contribution is -2.41. The summed E-state index contributed by atoms with van der Waals surface area (Å²) in [6.07, 6.45) is 1.88. The van der Waals surface area contributed by atoms with Gasteiger partial charge in [0.1, 0.15) is 29.0 Å². The number of aryl methyl sites for hydroxylation is 1. The van der Waals surface area contributed by atoms with Gasteiger partial charge in [-0.05, 0) is 32.0 Å². The molecule has 33 heavy (non-hydrogen) atoms. The predicted molar refractivity (Wildman–Crippen MR) is 118 cm³/mol. The molecule has 2 N–H and O–H groups in total. The molecule has 174 valence electrons. The average Bonchev–Trinajstić information content (AvgIpc) is 3.53. The molecule has 0 radical (unpaired) electrons. The van der Waals surface area contributed by atoms with E-state index in [9.17, 15) is 13.2 Å². The van der Waals surface area contributed by atoms with E-state index in [2.05, 4.69) is 30.6 Å².